The second-order valence-electron chi connectivity index (χ2n) is 2.84. The quantitative estimate of drug-likeness (QED) is 0.850. The van der Waals surface area contributed by atoms with Crippen molar-refractivity contribution in [2.24, 2.45) is 0 Å². The Morgan fingerprint density at radius 1 is 1.24 bits per heavy atom. The summed E-state index contributed by atoms with van der Waals surface area (Å²) in [5, 5.41) is 8.48. The molecule has 98 valence electrons. The highest BCUT2D eigenvalue weighted by Crippen LogP contribution is 2.36. The van der Waals surface area contributed by atoms with Gasteiger partial charge >= 0.3 is 18.4 Å². The number of aliphatic hydroxyl groups is 1. The van der Waals surface area contributed by atoms with E-state index < -0.39 is 31.1 Å². The van der Waals surface area contributed by atoms with Crippen molar-refractivity contribution in [1.29, 1.82) is 0 Å². The lowest BCUT2D eigenvalue weighted by molar-refractivity contribution is -0.303. The Bertz CT molecular complexity index is 356. The molecule has 1 aromatic rings. The zero-order chi connectivity index (χ0) is 13.3. The molecule has 0 amide bonds. The van der Waals surface area contributed by atoms with Gasteiger partial charge in [0.25, 0.3) is 6.10 Å². The fourth-order valence-electron chi connectivity index (χ4n) is 0.835. The highest BCUT2D eigenvalue weighted by Gasteiger charge is 2.59. The van der Waals surface area contributed by atoms with Gasteiger partial charge in [-0.1, -0.05) is 0 Å². The van der Waals surface area contributed by atoms with Crippen molar-refractivity contribution < 1.29 is 40.6 Å². The summed E-state index contributed by atoms with van der Waals surface area (Å²) < 4.78 is 79.9. The summed E-state index contributed by atoms with van der Waals surface area (Å²) in [5.41, 5.74) is -0.247. The van der Waals surface area contributed by atoms with Gasteiger partial charge in [0.2, 0.25) is 0 Å². The Balaban J connectivity index is 2.87. The molecule has 0 saturated heterocycles. The Morgan fingerprint density at radius 2 is 1.76 bits per heavy atom. The van der Waals surface area contributed by atoms with Crippen molar-refractivity contribution in [2.75, 3.05) is 0 Å². The van der Waals surface area contributed by atoms with Crippen LogP contribution in [0.4, 0.5) is 26.3 Å². The maximum Gasteiger partial charge on any atom is 0.434 e. The molecule has 17 heavy (non-hydrogen) atoms. The predicted molar refractivity (Wildman–Crippen MR) is 39.0 cm³/mol. The largest absolute Gasteiger partial charge is 0.434 e. The lowest BCUT2D eigenvalue weighted by Gasteiger charge is -2.21. The van der Waals surface area contributed by atoms with Crippen molar-refractivity contribution in [1.82, 2.24) is 4.98 Å². The summed E-state index contributed by atoms with van der Waals surface area (Å²) in [6, 6.07) is 0. The van der Waals surface area contributed by atoms with Gasteiger partial charge in [0.1, 0.15) is 12.0 Å². The number of ether oxygens (including phenoxy) is 1. The summed E-state index contributed by atoms with van der Waals surface area (Å²) >= 11 is 0. The Hall–Kier alpha value is -1.45. The Morgan fingerprint density at radius 3 is 2.12 bits per heavy atom. The van der Waals surface area contributed by atoms with Gasteiger partial charge in [-0.25, -0.2) is 0 Å². The van der Waals surface area contributed by atoms with Crippen molar-refractivity contribution >= 4 is 0 Å². The summed E-state index contributed by atoms with van der Waals surface area (Å²) in [5.74, 6) is 0. The first-order chi connectivity index (χ1) is 7.64. The predicted octanol–water partition coefficient (Wildman–Crippen LogP) is 2.04. The topological polar surface area (TPSA) is 55.5 Å². The number of hydrogen-bond acceptors (Lipinski definition) is 4. The number of alkyl halides is 6. The van der Waals surface area contributed by atoms with Crippen LogP contribution in [0.5, 0.6) is 6.08 Å². The van der Waals surface area contributed by atoms with Gasteiger partial charge < -0.3 is 14.3 Å². The molecule has 1 heterocycles. The molecule has 0 bridgehead atoms. The first-order valence-corrected chi connectivity index (χ1v) is 4.00. The van der Waals surface area contributed by atoms with E-state index in [1.54, 1.807) is 0 Å². The van der Waals surface area contributed by atoms with Crippen LogP contribution in [0.2, 0.25) is 0 Å². The molecule has 1 aromatic heterocycles. The molecule has 0 aliphatic carbocycles. The average molecular weight is 265 g/mol. The minimum Gasteiger partial charge on any atom is -0.427 e. The summed E-state index contributed by atoms with van der Waals surface area (Å²) in [7, 11) is 0. The van der Waals surface area contributed by atoms with Crippen LogP contribution in [-0.4, -0.2) is 28.5 Å². The Labute approximate surface area is 89.8 Å². The van der Waals surface area contributed by atoms with Crippen molar-refractivity contribution in [3.63, 3.8) is 0 Å². The fraction of sp³-hybridized carbons (Fsp3) is 0.571. The first-order valence-electron chi connectivity index (χ1n) is 4.00. The third-order valence-electron chi connectivity index (χ3n) is 1.51. The molecule has 0 aliphatic heterocycles. The average Bonchev–Trinajstić information content (AvgIpc) is 2.58. The number of nitrogens with zero attached hydrogens (tertiary/aromatic N) is 1. The Kier molecular flexibility index (Phi) is 3.55. The molecular formula is C7H5F6NO3. The molecular weight excluding hydrogens is 260 g/mol. The smallest absolute Gasteiger partial charge is 0.427 e. The van der Waals surface area contributed by atoms with E-state index >= 15 is 0 Å². The van der Waals surface area contributed by atoms with Gasteiger partial charge in [0.15, 0.2) is 0 Å². The van der Waals surface area contributed by atoms with Crippen LogP contribution in [-0.2, 0) is 6.61 Å². The minimum atomic E-state index is -5.65. The monoisotopic (exact) mass is 265 g/mol. The summed E-state index contributed by atoms with van der Waals surface area (Å²) in [4.78, 5) is 3.06. The highest BCUT2D eigenvalue weighted by atomic mass is 19.4. The van der Waals surface area contributed by atoms with Crippen molar-refractivity contribution in [3.05, 3.63) is 12.0 Å². The minimum absolute atomic E-state index is 0.247. The van der Waals surface area contributed by atoms with E-state index in [1.807, 2.05) is 0 Å². The summed E-state index contributed by atoms with van der Waals surface area (Å²) in [6.45, 7) is -0.699. The van der Waals surface area contributed by atoms with Gasteiger partial charge in [-0.3, -0.25) is 0 Å². The standard InChI is InChI=1S/C7H5F6NO3/c8-6(9,10)4(7(11,12)13)17-5-14-3(1-15)2-16-5/h2,4,15H,1H2. The molecule has 1 N–H and O–H groups in total. The second kappa shape index (κ2) is 4.43. The SMILES string of the molecule is OCc1coc(OC(C(F)(F)F)C(F)(F)F)n1. The summed E-state index contributed by atoms with van der Waals surface area (Å²) in [6.07, 6.45) is -15.9. The van der Waals surface area contributed by atoms with Crippen LogP contribution in [0.25, 0.3) is 0 Å². The number of rotatable bonds is 3. The third kappa shape index (κ3) is 3.51. The molecule has 0 aromatic carbocycles. The van der Waals surface area contributed by atoms with Crippen LogP contribution in [0.15, 0.2) is 10.7 Å². The number of aliphatic hydroxyl groups excluding tert-OH is 1. The van der Waals surface area contributed by atoms with E-state index in [-0.39, 0.29) is 5.69 Å². The maximum absolute atomic E-state index is 12.0. The van der Waals surface area contributed by atoms with Crippen LogP contribution < -0.4 is 4.74 Å². The van der Waals surface area contributed by atoms with Crippen molar-refractivity contribution in [2.45, 2.75) is 25.1 Å². The molecule has 4 nitrogen and oxygen atoms in total. The van der Waals surface area contributed by atoms with Gasteiger partial charge in [-0.15, -0.1) is 0 Å². The maximum atomic E-state index is 12.0. The lowest BCUT2D eigenvalue weighted by Crippen LogP contribution is -2.46. The van der Waals surface area contributed by atoms with Gasteiger partial charge in [0.05, 0.1) is 6.61 Å². The number of oxazole rings is 1. The van der Waals surface area contributed by atoms with Gasteiger partial charge in [-0.2, -0.15) is 31.3 Å². The molecule has 10 heteroatoms. The molecule has 1 rings (SSSR count). The number of hydrogen-bond donors (Lipinski definition) is 1. The van der Waals surface area contributed by atoms with E-state index in [1.165, 1.54) is 0 Å². The van der Waals surface area contributed by atoms with E-state index in [4.69, 9.17) is 5.11 Å². The molecule has 0 unspecified atom stereocenters. The molecule has 0 aliphatic rings. The number of halogens is 6. The van der Waals surface area contributed by atoms with E-state index in [0.29, 0.717) is 6.26 Å². The zero-order valence-corrected chi connectivity index (χ0v) is 7.84. The molecule has 0 radical (unpaired) electrons. The molecule has 0 atom stereocenters. The van der Waals surface area contributed by atoms with Crippen LogP contribution in [0.1, 0.15) is 5.69 Å². The molecule has 0 spiro atoms. The van der Waals surface area contributed by atoms with Gasteiger partial charge in [0, 0.05) is 0 Å². The third-order valence-corrected chi connectivity index (χ3v) is 1.51. The molecule has 0 saturated carbocycles. The van der Waals surface area contributed by atoms with Crippen LogP contribution in [0, 0.1) is 0 Å². The van der Waals surface area contributed by atoms with Crippen LogP contribution in [0.3, 0.4) is 0 Å². The number of aromatic nitrogens is 1. The first kappa shape index (κ1) is 13.6. The second-order valence-corrected chi connectivity index (χ2v) is 2.84. The lowest BCUT2D eigenvalue weighted by atomic mass is 10.3. The zero-order valence-electron chi connectivity index (χ0n) is 7.84. The van der Waals surface area contributed by atoms with Crippen molar-refractivity contribution in [3.8, 4) is 6.08 Å². The van der Waals surface area contributed by atoms with E-state index in [0.717, 1.165) is 0 Å². The molecule has 0 fully saturated rings. The normalized spacial score (nSPS) is 13.2. The van der Waals surface area contributed by atoms with Crippen LogP contribution >= 0.6 is 0 Å². The highest BCUT2D eigenvalue weighted by molar-refractivity contribution is 4.99. The van der Waals surface area contributed by atoms with E-state index in [2.05, 4.69) is 14.1 Å². The van der Waals surface area contributed by atoms with E-state index in [9.17, 15) is 26.3 Å². The van der Waals surface area contributed by atoms with Gasteiger partial charge in [-0.05, 0) is 0 Å². The fourth-order valence-corrected chi connectivity index (χ4v) is 0.835.